The maximum Gasteiger partial charge on any atom is 0.187 e. The van der Waals surface area contributed by atoms with Gasteiger partial charge in [-0.05, 0) is 0 Å². The number of halogens is 4. The highest BCUT2D eigenvalue weighted by molar-refractivity contribution is 6.57. The predicted molar refractivity (Wildman–Crippen MR) is 43.2 cm³/mol. The maximum atomic E-state index is 12.5. The van der Waals surface area contributed by atoms with E-state index in [1.165, 1.54) is 6.20 Å². The van der Waals surface area contributed by atoms with E-state index in [0.29, 0.717) is 0 Å². The van der Waals surface area contributed by atoms with Crippen molar-refractivity contribution in [1.82, 2.24) is 9.78 Å². The van der Waals surface area contributed by atoms with E-state index in [-0.39, 0.29) is 9.64 Å². The minimum absolute atomic E-state index is 0.0239. The molecule has 60 valence electrons. The highest BCUT2D eigenvalue weighted by Gasteiger charge is 2.03. The summed E-state index contributed by atoms with van der Waals surface area (Å²) in [5, 5.41) is 3.30. The summed E-state index contributed by atoms with van der Waals surface area (Å²) in [6, 6.07) is 0. The van der Waals surface area contributed by atoms with Crippen LogP contribution >= 0.6 is 34.8 Å². The summed E-state index contributed by atoms with van der Waals surface area (Å²) >= 11 is 15.8. The lowest BCUT2D eigenvalue weighted by Gasteiger charge is -1.86. The molecule has 6 heteroatoms. The maximum absolute atomic E-state index is 12.5. The quantitative estimate of drug-likeness (QED) is 0.704. The van der Waals surface area contributed by atoms with Crippen LogP contribution in [0.1, 0.15) is 0 Å². The van der Waals surface area contributed by atoms with Crippen molar-refractivity contribution in [2.75, 3.05) is 0 Å². The van der Waals surface area contributed by atoms with Gasteiger partial charge in [0.2, 0.25) is 0 Å². The topological polar surface area (TPSA) is 17.8 Å². The van der Waals surface area contributed by atoms with Gasteiger partial charge >= 0.3 is 0 Å². The molecule has 0 aliphatic carbocycles. The molecule has 0 radical (unpaired) electrons. The van der Waals surface area contributed by atoms with E-state index < -0.39 is 5.82 Å². The fourth-order valence-corrected chi connectivity index (χ4v) is 0.850. The number of rotatable bonds is 1. The second kappa shape index (κ2) is 3.43. The molecular formula is C5H2Cl3FN2. The summed E-state index contributed by atoms with van der Waals surface area (Å²) < 4.78 is 13.5. The van der Waals surface area contributed by atoms with E-state index in [1.54, 1.807) is 0 Å². The summed E-state index contributed by atoms with van der Waals surface area (Å²) in [5.41, 5.74) is 0. The molecule has 1 heterocycles. The summed E-state index contributed by atoms with van der Waals surface area (Å²) in [5.74, 6) is -0.613. The van der Waals surface area contributed by atoms with Crippen molar-refractivity contribution in [2.45, 2.75) is 0 Å². The Morgan fingerprint density at radius 3 is 2.64 bits per heavy atom. The van der Waals surface area contributed by atoms with Gasteiger partial charge < -0.3 is 0 Å². The van der Waals surface area contributed by atoms with Gasteiger partial charge in [0.05, 0.1) is 12.4 Å². The molecule has 0 aliphatic heterocycles. The van der Waals surface area contributed by atoms with Gasteiger partial charge in [-0.1, -0.05) is 34.8 Å². The van der Waals surface area contributed by atoms with Gasteiger partial charge in [0.1, 0.15) is 4.49 Å². The Bertz CT molecular complexity index is 270. The zero-order valence-corrected chi connectivity index (χ0v) is 7.33. The third kappa shape index (κ3) is 2.36. The molecule has 11 heavy (non-hydrogen) atoms. The number of hydrogen-bond donors (Lipinski definition) is 0. The molecule has 0 spiro atoms. The van der Waals surface area contributed by atoms with Crippen LogP contribution in [0.15, 0.2) is 10.7 Å². The van der Waals surface area contributed by atoms with Gasteiger partial charge in [-0.25, -0.2) is 9.07 Å². The Kier molecular flexibility index (Phi) is 2.76. The van der Waals surface area contributed by atoms with Crippen LogP contribution in [0.3, 0.4) is 0 Å². The average Bonchev–Trinajstić information content (AvgIpc) is 2.10. The Morgan fingerprint density at radius 2 is 2.27 bits per heavy atom. The lowest BCUT2D eigenvalue weighted by molar-refractivity contribution is 0.628. The van der Waals surface area contributed by atoms with Crippen molar-refractivity contribution in [3.63, 3.8) is 0 Å². The van der Waals surface area contributed by atoms with Crippen molar-refractivity contribution >= 4 is 41.0 Å². The van der Waals surface area contributed by atoms with Gasteiger partial charge in [0, 0.05) is 0 Å². The molecule has 0 fully saturated rings. The Morgan fingerprint density at radius 1 is 1.64 bits per heavy atom. The van der Waals surface area contributed by atoms with Gasteiger partial charge in [0.25, 0.3) is 0 Å². The third-order valence-corrected chi connectivity index (χ3v) is 1.33. The molecule has 0 amide bonds. The lowest BCUT2D eigenvalue weighted by atomic mass is 10.7. The van der Waals surface area contributed by atoms with Crippen molar-refractivity contribution in [2.24, 2.45) is 0 Å². The first-order valence-electron chi connectivity index (χ1n) is 2.52. The second-order valence-electron chi connectivity index (χ2n) is 1.67. The SMILES string of the molecule is Fc1cn(C=C(Cl)Cl)nc1Cl. The van der Waals surface area contributed by atoms with Crippen LogP contribution in [0, 0.1) is 5.82 Å². The van der Waals surface area contributed by atoms with Crippen LogP contribution in [0.4, 0.5) is 4.39 Å². The van der Waals surface area contributed by atoms with E-state index >= 15 is 0 Å². The summed E-state index contributed by atoms with van der Waals surface area (Å²) in [7, 11) is 0. The molecule has 0 unspecified atom stereocenters. The molecule has 0 saturated carbocycles. The van der Waals surface area contributed by atoms with E-state index in [9.17, 15) is 4.39 Å². The second-order valence-corrected chi connectivity index (χ2v) is 3.03. The molecule has 1 aromatic heterocycles. The Balaban J connectivity index is 2.98. The van der Waals surface area contributed by atoms with Crippen LogP contribution in [-0.4, -0.2) is 9.78 Å². The Labute approximate surface area is 77.2 Å². The summed E-state index contributed by atoms with van der Waals surface area (Å²) in [4.78, 5) is 0. The van der Waals surface area contributed by atoms with E-state index in [2.05, 4.69) is 5.10 Å². The molecule has 0 saturated heterocycles. The van der Waals surface area contributed by atoms with Crippen LogP contribution in [0.2, 0.25) is 5.15 Å². The van der Waals surface area contributed by atoms with Crippen LogP contribution < -0.4 is 0 Å². The molecular weight excluding hydrogens is 213 g/mol. The molecule has 0 aromatic carbocycles. The van der Waals surface area contributed by atoms with Gasteiger partial charge in [-0.2, -0.15) is 5.10 Å². The number of hydrogen-bond acceptors (Lipinski definition) is 1. The summed E-state index contributed by atoms with van der Waals surface area (Å²) in [6.07, 6.45) is 2.28. The van der Waals surface area contributed by atoms with Crippen LogP contribution in [0.5, 0.6) is 0 Å². The summed E-state index contributed by atoms with van der Waals surface area (Å²) in [6.45, 7) is 0. The first-order chi connectivity index (χ1) is 5.09. The first-order valence-corrected chi connectivity index (χ1v) is 3.66. The van der Waals surface area contributed by atoms with E-state index in [1.807, 2.05) is 0 Å². The zero-order chi connectivity index (χ0) is 8.43. The Hall–Kier alpha value is -0.250. The fraction of sp³-hybridized carbons (Fsp3) is 0. The van der Waals surface area contributed by atoms with E-state index in [4.69, 9.17) is 34.8 Å². The van der Waals surface area contributed by atoms with Gasteiger partial charge in [0.15, 0.2) is 11.0 Å². The standard InChI is InChI=1S/C5H2Cl3FN2/c6-4(7)2-11-1-3(9)5(8)10-11/h1-2H. The third-order valence-electron chi connectivity index (χ3n) is 0.876. The zero-order valence-electron chi connectivity index (χ0n) is 5.06. The van der Waals surface area contributed by atoms with Gasteiger partial charge in [-0.15, -0.1) is 0 Å². The normalized spacial score (nSPS) is 9.82. The van der Waals surface area contributed by atoms with Gasteiger partial charge in [-0.3, -0.25) is 0 Å². The van der Waals surface area contributed by atoms with Crippen molar-refractivity contribution in [1.29, 1.82) is 0 Å². The lowest BCUT2D eigenvalue weighted by Crippen LogP contribution is -1.84. The van der Waals surface area contributed by atoms with Crippen molar-refractivity contribution in [3.8, 4) is 0 Å². The average molecular weight is 215 g/mol. The minimum atomic E-state index is -0.613. The minimum Gasteiger partial charge on any atom is -0.241 e. The van der Waals surface area contributed by atoms with Crippen LogP contribution in [-0.2, 0) is 0 Å². The molecule has 0 bridgehead atoms. The number of nitrogens with zero attached hydrogens (tertiary/aromatic N) is 2. The molecule has 1 rings (SSSR count). The highest BCUT2D eigenvalue weighted by atomic mass is 35.5. The molecule has 0 aliphatic rings. The highest BCUT2D eigenvalue weighted by Crippen LogP contribution is 2.13. The largest absolute Gasteiger partial charge is 0.241 e. The smallest absolute Gasteiger partial charge is 0.187 e. The fourth-order valence-electron chi connectivity index (χ4n) is 0.514. The molecule has 2 nitrogen and oxygen atoms in total. The van der Waals surface area contributed by atoms with Crippen molar-refractivity contribution in [3.05, 3.63) is 21.7 Å². The number of aromatic nitrogens is 2. The molecule has 0 N–H and O–H groups in total. The monoisotopic (exact) mass is 214 g/mol. The van der Waals surface area contributed by atoms with Crippen molar-refractivity contribution < 1.29 is 4.39 Å². The molecule has 0 atom stereocenters. The van der Waals surface area contributed by atoms with Crippen LogP contribution in [0.25, 0.3) is 6.20 Å². The molecule has 1 aromatic rings. The first kappa shape index (κ1) is 8.84. The van der Waals surface area contributed by atoms with E-state index in [0.717, 1.165) is 10.9 Å². The predicted octanol–water partition coefficient (Wildman–Crippen LogP) is 2.91.